The summed E-state index contributed by atoms with van der Waals surface area (Å²) in [7, 11) is 4.46. The maximum Gasteiger partial charge on any atom is 0.306 e. The molecule has 0 aliphatic carbocycles. The first-order chi connectivity index (χ1) is 17.8. The Labute approximate surface area is 218 Å². The maximum absolute atomic E-state index is 14.6. The van der Waals surface area contributed by atoms with Crippen molar-refractivity contribution in [3.05, 3.63) is 82.1 Å². The molecule has 1 amide bonds. The number of nitrogens with zero attached hydrogens (tertiary/aromatic N) is 1. The highest BCUT2D eigenvalue weighted by molar-refractivity contribution is 6.33. The summed E-state index contributed by atoms with van der Waals surface area (Å²) in [6.45, 7) is 0.00265. The molecule has 8 nitrogen and oxygen atoms in total. The summed E-state index contributed by atoms with van der Waals surface area (Å²) in [4.78, 5) is 26.8. The molecular weight excluding hydrogens is 505 g/mol. The summed E-state index contributed by atoms with van der Waals surface area (Å²) in [5.74, 6) is -1.01. The van der Waals surface area contributed by atoms with E-state index in [1.807, 2.05) is 0 Å². The third-order valence-electron chi connectivity index (χ3n) is 6.08. The number of carbonyl (C=O) groups is 2. The molecule has 0 spiro atoms. The molecule has 1 aliphatic rings. The van der Waals surface area contributed by atoms with Gasteiger partial charge in [0.1, 0.15) is 35.3 Å². The van der Waals surface area contributed by atoms with Crippen molar-refractivity contribution in [2.75, 3.05) is 26.2 Å². The molecule has 194 valence electrons. The SMILES string of the molecule is COc1ccc(CN2C(=O)[C@@H](CC(=O)O)O[C@H](c3cccc(OC)c3Cl)c3cc(F)ccc32)c(OC)c1. The van der Waals surface area contributed by atoms with Crippen LogP contribution in [0.4, 0.5) is 10.1 Å². The number of carbonyl (C=O) groups excluding carboxylic acids is 1. The highest BCUT2D eigenvalue weighted by atomic mass is 35.5. The number of methoxy groups -OCH3 is 3. The van der Waals surface area contributed by atoms with Gasteiger partial charge < -0.3 is 29.0 Å². The summed E-state index contributed by atoms with van der Waals surface area (Å²) < 4.78 is 36.8. The van der Waals surface area contributed by atoms with Crippen LogP contribution < -0.4 is 19.1 Å². The number of carboxylic acid groups (broad SMARTS) is 1. The summed E-state index contributed by atoms with van der Waals surface area (Å²) in [5.41, 5.74) is 1.68. The highest BCUT2D eigenvalue weighted by Gasteiger charge is 2.39. The molecule has 0 fully saturated rings. The van der Waals surface area contributed by atoms with Crippen molar-refractivity contribution < 1.29 is 38.0 Å². The van der Waals surface area contributed by atoms with Gasteiger partial charge in [-0.15, -0.1) is 0 Å². The van der Waals surface area contributed by atoms with E-state index in [1.54, 1.807) is 36.4 Å². The molecule has 0 saturated heterocycles. The number of fused-ring (bicyclic) bond motifs is 1. The van der Waals surface area contributed by atoms with Crippen LogP contribution in [0.25, 0.3) is 0 Å². The Balaban J connectivity index is 1.90. The molecule has 0 aromatic heterocycles. The van der Waals surface area contributed by atoms with Crippen LogP contribution in [0.3, 0.4) is 0 Å². The van der Waals surface area contributed by atoms with Gasteiger partial charge in [0, 0.05) is 22.8 Å². The number of hydrogen-bond acceptors (Lipinski definition) is 6. The third kappa shape index (κ3) is 5.33. The zero-order valence-electron chi connectivity index (χ0n) is 20.4. The molecule has 0 saturated carbocycles. The lowest BCUT2D eigenvalue weighted by Gasteiger charge is -2.25. The van der Waals surface area contributed by atoms with Gasteiger partial charge in [-0.05, 0) is 36.4 Å². The molecule has 0 unspecified atom stereocenters. The van der Waals surface area contributed by atoms with E-state index in [9.17, 15) is 19.1 Å². The van der Waals surface area contributed by atoms with E-state index in [2.05, 4.69) is 0 Å². The molecule has 37 heavy (non-hydrogen) atoms. The van der Waals surface area contributed by atoms with Crippen molar-refractivity contribution in [3.8, 4) is 17.2 Å². The quantitative estimate of drug-likeness (QED) is 0.439. The molecule has 1 N–H and O–H groups in total. The Morgan fingerprint density at radius 2 is 1.78 bits per heavy atom. The Morgan fingerprint density at radius 1 is 1.03 bits per heavy atom. The minimum atomic E-state index is -1.38. The van der Waals surface area contributed by atoms with Gasteiger partial charge in [-0.2, -0.15) is 0 Å². The van der Waals surface area contributed by atoms with Crippen LogP contribution in [-0.2, 0) is 20.9 Å². The normalized spacial score (nSPS) is 17.1. The maximum atomic E-state index is 14.6. The van der Waals surface area contributed by atoms with Gasteiger partial charge in [-0.25, -0.2) is 4.39 Å². The van der Waals surface area contributed by atoms with E-state index in [0.29, 0.717) is 39.6 Å². The molecule has 0 bridgehead atoms. The standard InChI is InChI=1S/C27H25ClFNO7/c1-34-17-9-7-15(22(12-17)36-3)14-30-20-10-8-16(29)11-19(20)26(37-23(27(30)33)13-24(31)32)18-5-4-6-21(35-2)25(18)28/h4-12,23,26H,13-14H2,1-3H3,(H,31,32)/t23-,26-/m1/s1. The summed E-state index contributed by atoms with van der Waals surface area (Å²) in [6, 6.07) is 14.1. The van der Waals surface area contributed by atoms with E-state index >= 15 is 0 Å². The largest absolute Gasteiger partial charge is 0.497 e. The topological polar surface area (TPSA) is 94.5 Å². The smallest absolute Gasteiger partial charge is 0.306 e. The molecule has 3 aromatic rings. The second-order valence-electron chi connectivity index (χ2n) is 8.27. The molecule has 4 rings (SSSR count). The Morgan fingerprint density at radius 3 is 2.46 bits per heavy atom. The number of aliphatic carboxylic acids is 1. The lowest BCUT2D eigenvalue weighted by molar-refractivity contribution is -0.147. The van der Waals surface area contributed by atoms with Gasteiger partial charge in [0.15, 0.2) is 0 Å². The van der Waals surface area contributed by atoms with Gasteiger partial charge in [-0.3, -0.25) is 9.59 Å². The Hall–Kier alpha value is -3.82. The van der Waals surface area contributed by atoms with Gasteiger partial charge in [0.25, 0.3) is 5.91 Å². The fraction of sp³-hybridized carbons (Fsp3) is 0.259. The molecule has 3 aromatic carbocycles. The van der Waals surface area contributed by atoms with Gasteiger partial charge in [-0.1, -0.05) is 23.7 Å². The predicted molar refractivity (Wildman–Crippen MR) is 134 cm³/mol. The first kappa shape index (κ1) is 26.2. The van der Waals surface area contributed by atoms with Crippen LogP contribution in [0.2, 0.25) is 5.02 Å². The van der Waals surface area contributed by atoms with Crippen molar-refractivity contribution in [1.82, 2.24) is 0 Å². The molecule has 10 heteroatoms. The Kier molecular flexibility index (Phi) is 7.85. The second kappa shape index (κ2) is 11.1. The average molecular weight is 530 g/mol. The second-order valence-corrected chi connectivity index (χ2v) is 8.65. The fourth-order valence-electron chi connectivity index (χ4n) is 4.31. The van der Waals surface area contributed by atoms with E-state index in [-0.39, 0.29) is 11.6 Å². The van der Waals surface area contributed by atoms with Crippen LogP contribution in [-0.4, -0.2) is 44.4 Å². The molecule has 1 heterocycles. The third-order valence-corrected chi connectivity index (χ3v) is 6.49. The van der Waals surface area contributed by atoms with Crippen molar-refractivity contribution in [2.24, 2.45) is 0 Å². The van der Waals surface area contributed by atoms with E-state index < -0.39 is 36.3 Å². The van der Waals surface area contributed by atoms with Gasteiger partial charge >= 0.3 is 5.97 Å². The average Bonchev–Trinajstić information content (AvgIpc) is 2.99. The minimum absolute atomic E-state index is 0.00265. The molecule has 0 radical (unpaired) electrons. The van der Waals surface area contributed by atoms with Crippen molar-refractivity contribution in [3.63, 3.8) is 0 Å². The van der Waals surface area contributed by atoms with Crippen molar-refractivity contribution in [1.29, 1.82) is 0 Å². The lowest BCUT2D eigenvalue weighted by atomic mass is 9.98. The minimum Gasteiger partial charge on any atom is -0.497 e. The number of ether oxygens (including phenoxy) is 4. The zero-order valence-corrected chi connectivity index (χ0v) is 21.1. The predicted octanol–water partition coefficient (Wildman–Crippen LogP) is 5.00. The summed E-state index contributed by atoms with van der Waals surface area (Å²) in [6.07, 6.45) is -3.04. The van der Waals surface area contributed by atoms with E-state index in [0.717, 1.165) is 0 Å². The lowest BCUT2D eigenvalue weighted by Crippen LogP contribution is -2.40. The fourth-order valence-corrected chi connectivity index (χ4v) is 4.61. The highest BCUT2D eigenvalue weighted by Crippen LogP contribution is 2.44. The van der Waals surface area contributed by atoms with Crippen LogP contribution >= 0.6 is 11.6 Å². The van der Waals surface area contributed by atoms with E-state index in [4.69, 9.17) is 30.5 Å². The number of amides is 1. The van der Waals surface area contributed by atoms with Gasteiger partial charge in [0.2, 0.25) is 0 Å². The van der Waals surface area contributed by atoms with Crippen LogP contribution in [0.15, 0.2) is 54.6 Å². The number of carboxylic acids is 1. The summed E-state index contributed by atoms with van der Waals surface area (Å²) >= 11 is 6.58. The monoisotopic (exact) mass is 529 g/mol. The van der Waals surface area contributed by atoms with Gasteiger partial charge in [0.05, 0.1) is 45.0 Å². The summed E-state index contributed by atoms with van der Waals surface area (Å²) in [5, 5.41) is 9.76. The number of hydrogen-bond donors (Lipinski definition) is 1. The van der Waals surface area contributed by atoms with E-state index in [1.165, 1.54) is 44.4 Å². The Bertz CT molecular complexity index is 1330. The van der Waals surface area contributed by atoms with Crippen LogP contribution in [0.1, 0.15) is 29.2 Å². The zero-order chi connectivity index (χ0) is 26.7. The van der Waals surface area contributed by atoms with Crippen LogP contribution in [0.5, 0.6) is 17.2 Å². The molecular formula is C27H25ClFNO7. The van der Waals surface area contributed by atoms with Crippen molar-refractivity contribution in [2.45, 2.75) is 25.2 Å². The first-order valence-corrected chi connectivity index (χ1v) is 11.7. The number of rotatable bonds is 8. The number of benzene rings is 3. The first-order valence-electron chi connectivity index (χ1n) is 11.3. The number of anilines is 1. The van der Waals surface area contributed by atoms with Crippen molar-refractivity contribution >= 4 is 29.2 Å². The number of halogens is 2. The van der Waals surface area contributed by atoms with Crippen LogP contribution in [0, 0.1) is 5.82 Å². The molecule has 1 aliphatic heterocycles. The molecule has 2 atom stereocenters.